The number of rotatable bonds is 12. The first kappa shape index (κ1) is 24.0. The van der Waals surface area contributed by atoms with Crippen molar-refractivity contribution in [2.45, 2.75) is 72.6 Å². The molecule has 1 aromatic rings. The molecule has 1 aromatic carbocycles. The van der Waals surface area contributed by atoms with Crippen molar-refractivity contribution in [3.05, 3.63) is 29.3 Å². The van der Waals surface area contributed by atoms with Crippen LogP contribution in [0.1, 0.15) is 80.0 Å². The Morgan fingerprint density at radius 2 is 1.11 bits per heavy atom. The second-order valence-electron chi connectivity index (χ2n) is 7.37. The number of hydrogen-bond acceptors (Lipinski definition) is 4. The standard InChI is InChI=1S/C10H9O4.3C4H9.Sn/c1-13-9(11)7-4-3-5-8(6-7)10(12)14-2;3*1-3-4-2;/h4-6H,1-2H3;3*1,3-4H2,2H3;. The van der Waals surface area contributed by atoms with E-state index in [1.807, 2.05) is 12.1 Å². The van der Waals surface area contributed by atoms with Crippen molar-refractivity contribution in [1.82, 2.24) is 0 Å². The Morgan fingerprint density at radius 1 is 0.741 bits per heavy atom. The van der Waals surface area contributed by atoms with Crippen molar-refractivity contribution in [1.29, 1.82) is 0 Å². The number of hydrogen-bond donors (Lipinski definition) is 0. The van der Waals surface area contributed by atoms with Crippen LogP contribution in [0.4, 0.5) is 0 Å². The first-order valence-electron chi connectivity index (χ1n) is 10.3. The Kier molecular flexibility index (Phi) is 11.0. The molecule has 1 rings (SSSR count). The van der Waals surface area contributed by atoms with E-state index >= 15 is 0 Å². The predicted molar refractivity (Wildman–Crippen MR) is 114 cm³/mol. The maximum absolute atomic E-state index is 12.2. The summed E-state index contributed by atoms with van der Waals surface area (Å²) in [5.74, 6) is -0.771. The average Bonchev–Trinajstić information content (AvgIpc) is 2.71. The fourth-order valence-electron chi connectivity index (χ4n) is 3.76. The molecule has 0 N–H and O–H groups in total. The third-order valence-electron chi connectivity index (χ3n) is 5.41. The van der Waals surface area contributed by atoms with Gasteiger partial charge in [0.05, 0.1) is 0 Å². The summed E-state index contributed by atoms with van der Waals surface area (Å²) in [7, 11) is 2.77. The maximum atomic E-state index is 12.2. The summed E-state index contributed by atoms with van der Waals surface area (Å²) in [4.78, 5) is 24.5. The zero-order valence-corrected chi connectivity index (χ0v) is 20.6. The van der Waals surface area contributed by atoms with E-state index in [1.165, 1.54) is 69.6 Å². The minimum atomic E-state index is -2.76. The third kappa shape index (κ3) is 6.81. The van der Waals surface area contributed by atoms with Gasteiger partial charge in [-0.25, -0.2) is 0 Å². The minimum absolute atomic E-state index is 0.385. The van der Waals surface area contributed by atoms with Crippen molar-refractivity contribution in [2.75, 3.05) is 14.2 Å². The summed E-state index contributed by atoms with van der Waals surface area (Å²) in [6.45, 7) is 6.71. The van der Waals surface area contributed by atoms with Crippen LogP contribution in [0.3, 0.4) is 0 Å². The van der Waals surface area contributed by atoms with Gasteiger partial charge >= 0.3 is 169 Å². The summed E-state index contributed by atoms with van der Waals surface area (Å²) < 4.78 is 15.0. The van der Waals surface area contributed by atoms with E-state index in [4.69, 9.17) is 9.47 Å². The average molecular weight is 483 g/mol. The van der Waals surface area contributed by atoms with Crippen LogP contribution >= 0.6 is 0 Å². The van der Waals surface area contributed by atoms with E-state index in [0.29, 0.717) is 11.1 Å². The van der Waals surface area contributed by atoms with Gasteiger partial charge in [0.25, 0.3) is 0 Å². The Bertz CT molecular complexity index is 556. The second-order valence-corrected chi connectivity index (χ2v) is 20.6. The van der Waals surface area contributed by atoms with Gasteiger partial charge in [-0.2, -0.15) is 0 Å². The number of methoxy groups -OCH3 is 2. The molecule has 0 aromatic heterocycles. The fourth-order valence-corrected chi connectivity index (χ4v) is 19.8. The zero-order valence-electron chi connectivity index (χ0n) is 17.7. The van der Waals surface area contributed by atoms with Gasteiger partial charge in [0.15, 0.2) is 0 Å². The molecule has 152 valence electrons. The predicted octanol–water partition coefficient (Wildman–Crippen LogP) is 5.32. The summed E-state index contributed by atoms with van der Waals surface area (Å²) >= 11 is -2.76. The molecular weight excluding hydrogens is 447 g/mol. The monoisotopic (exact) mass is 484 g/mol. The second kappa shape index (κ2) is 12.4. The van der Waals surface area contributed by atoms with Gasteiger partial charge < -0.3 is 0 Å². The molecule has 0 aliphatic rings. The summed E-state index contributed by atoms with van der Waals surface area (Å²) in [6.07, 6.45) is 7.20. The van der Waals surface area contributed by atoms with Gasteiger partial charge in [-0.05, 0) is 0 Å². The van der Waals surface area contributed by atoms with E-state index in [9.17, 15) is 9.59 Å². The quantitative estimate of drug-likeness (QED) is 0.299. The Morgan fingerprint density at radius 3 is 1.41 bits per heavy atom. The molecule has 0 bridgehead atoms. The Labute approximate surface area is 168 Å². The van der Waals surface area contributed by atoms with Gasteiger partial charge in [0, 0.05) is 0 Å². The van der Waals surface area contributed by atoms with E-state index in [0.717, 1.165) is 0 Å². The van der Waals surface area contributed by atoms with Crippen LogP contribution in [0.2, 0.25) is 13.3 Å². The molecular formula is C22H36O4Sn. The van der Waals surface area contributed by atoms with Crippen LogP contribution in [0.5, 0.6) is 0 Å². The van der Waals surface area contributed by atoms with Gasteiger partial charge in [-0.3, -0.25) is 0 Å². The molecule has 4 nitrogen and oxygen atoms in total. The Balaban J connectivity index is 3.54. The first-order chi connectivity index (χ1) is 13.0. The van der Waals surface area contributed by atoms with Gasteiger partial charge in [-0.15, -0.1) is 0 Å². The SMILES string of the molecule is CCC[CH2][Sn]([CH2]CCC)([CH2]CCC)[c]1cc(C(=O)OC)cc(C(=O)OC)c1. The number of ether oxygens (including phenoxy) is 2. The normalized spacial score (nSPS) is 11.3. The molecule has 0 atom stereocenters. The van der Waals surface area contributed by atoms with E-state index < -0.39 is 18.4 Å². The topological polar surface area (TPSA) is 52.6 Å². The molecule has 0 saturated carbocycles. The van der Waals surface area contributed by atoms with Crippen LogP contribution < -0.4 is 3.58 Å². The van der Waals surface area contributed by atoms with Crippen molar-refractivity contribution >= 4 is 33.9 Å². The van der Waals surface area contributed by atoms with Crippen LogP contribution in [0, 0.1) is 0 Å². The van der Waals surface area contributed by atoms with Crippen molar-refractivity contribution < 1.29 is 19.1 Å². The molecule has 27 heavy (non-hydrogen) atoms. The van der Waals surface area contributed by atoms with E-state index in [1.54, 1.807) is 6.07 Å². The molecule has 0 amide bonds. The third-order valence-corrected chi connectivity index (χ3v) is 21.0. The van der Waals surface area contributed by atoms with Gasteiger partial charge in [-0.1, -0.05) is 0 Å². The van der Waals surface area contributed by atoms with Gasteiger partial charge in [0.1, 0.15) is 0 Å². The molecule has 5 heteroatoms. The first-order valence-corrected chi connectivity index (χ1v) is 17.8. The van der Waals surface area contributed by atoms with Crippen LogP contribution in [-0.2, 0) is 9.47 Å². The zero-order chi connectivity index (χ0) is 20.3. The number of carbonyl (C=O) groups excluding carboxylic acids is 2. The number of benzene rings is 1. The Hall–Kier alpha value is -1.04. The van der Waals surface area contributed by atoms with Crippen LogP contribution in [-0.4, -0.2) is 44.5 Å². The van der Waals surface area contributed by atoms with Crippen molar-refractivity contribution in [3.8, 4) is 0 Å². The number of esters is 2. The number of carbonyl (C=O) groups is 2. The van der Waals surface area contributed by atoms with Gasteiger partial charge in [0.2, 0.25) is 0 Å². The van der Waals surface area contributed by atoms with E-state index in [2.05, 4.69) is 20.8 Å². The molecule has 0 radical (unpaired) electrons. The molecule has 0 aliphatic carbocycles. The van der Waals surface area contributed by atoms with Crippen molar-refractivity contribution in [2.24, 2.45) is 0 Å². The molecule has 0 fully saturated rings. The summed E-state index contributed by atoms with van der Waals surface area (Å²) in [5.41, 5.74) is 0.946. The van der Waals surface area contributed by atoms with Crippen molar-refractivity contribution in [3.63, 3.8) is 0 Å². The van der Waals surface area contributed by atoms with E-state index in [-0.39, 0.29) is 11.9 Å². The van der Waals surface area contributed by atoms with Crippen LogP contribution in [0.25, 0.3) is 0 Å². The molecule has 0 spiro atoms. The fraction of sp³-hybridized carbons (Fsp3) is 0.636. The number of unbranched alkanes of at least 4 members (excludes halogenated alkanes) is 3. The summed E-state index contributed by atoms with van der Waals surface area (Å²) in [5, 5.41) is 0. The molecule has 0 heterocycles. The molecule has 0 unspecified atom stereocenters. The molecule has 0 aliphatic heterocycles. The summed E-state index contributed by atoms with van der Waals surface area (Å²) in [6, 6.07) is 5.65. The van der Waals surface area contributed by atoms with Crippen LogP contribution in [0.15, 0.2) is 18.2 Å². The molecule has 0 saturated heterocycles.